The molecule has 1 amide bonds. The molecule has 0 atom stereocenters. The number of rotatable bonds is 6. The Morgan fingerprint density at radius 1 is 1.27 bits per heavy atom. The second-order valence-electron chi connectivity index (χ2n) is 9.86. The Morgan fingerprint density at radius 3 is 2.68 bits per heavy atom. The maximum Gasteiger partial charge on any atom is 0.410 e. The molecular weight excluding hydrogens is 488 g/mol. The van der Waals surface area contributed by atoms with E-state index < -0.39 is 5.60 Å². The second kappa shape index (κ2) is 11.2. The van der Waals surface area contributed by atoms with Gasteiger partial charge in [0.15, 0.2) is 0 Å². The average Bonchev–Trinajstić information content (AvgIpc) is 3.20. The van der Waals surface area contributed by atoms with Crippen molar-refractivity contribution in [3.8, 4) is 16.9 Å². The van der Waals surface area contributed by atoms with E-state index in [1.54, 1.807) is 29.6 Å². The number of carbonyl (C=O) groups is 1. The van der Waals surface area contributed by atoms with Gasteiger partial charge in [0, 0.05) is 41.5 Å². The average molecular weight is 523 g/mol. The number of nitrogens with zero attached hydrogens (tertiary/aromatic N) is 4. The van der Waals surface area contributed by atoms with Crippen molar-refractivity contribution in [2.45, 2.75) is 52.2 Å². The summed E-state index contributed by atoms with van der Waals surface area (Å²) in [6.45, 7) is 8.90. The molecule has 0 radical (unpaired) electrons. The molecule has 1 fully saturated rings. The third-order valence-corrected chi connectivity index (χ3v) is 6.99. The molecule has 0 bridgehead atoms. The number of aryl methyl sites for hydroxylation is 1. The monoisotopic (exact) mass is 522 g/mol. The number of methoxy groups -OCH3 is 1. The van der Waals surface area contributed by atoms with Gasteiger partial charge in [-0.05, 0) is 46.6 Å². The number of fused-ring (bicyclic) bond motifs is 1. The number of amides is 1. The standard InChI is InChI=1S/C27H34N6O3S/c1-17-23(20-8-6-7-9-21(20)35-5)24-22(37-17)16-30-25(32-24)31-19(14-28)15-29-18-10-12-33(13-11-18)26(34)36-27(2,3)4/h6-9,14-16,18H,10-13,28H2,1-5H3,(H,30,31,32). The SMILES string of the molecule is COc1ccccc1-c1c(C)sc2cnc(NC(C=NC3CCN(C(=O)OC(C)(C)C)CC3)=CN)nc12. The zero-order chi connectivity index (χ0) is 26.6. The Bertz CT molecular complexity index is 1320. The highest BCUT2D eigenvalue weighted by Gasteiger charge is 2.26. The Morgan fingerprint density at radius 2 is 2.00 bits per heavy atom. The minimum atomic E-state index is -0.501. The van der Waals surface area contributed by atoms with Crippen molar-refractivity contribution >= 4 is 39.8 Å². The number of hydrogen-bond acceptors (Lipinski definition) is 9. The number of thiophene rings is 1. The zero-order valence-corrected chi connectivity index (χ0v) is 22.8. The Labute approximate surface area is 221 Å². The molecule has 37 heavy (non-hydrogen) atoms. The predicted molar refractivity (Wildman–Crippen MR) is 149 cm³/mol. The fraction of sp³-hybridized carbons (Fsp3) is 0.407. The fourth-order valence-electron chi connectivity index (χ4n) is 4.19. The number of aromatic nitrogens is 2. The van der Waals surface area contributed by atoms with Crippen LogP contribution in [0.25, 0.3) is 21.3 Å². The highest BCUT2D eigenvalue weighted by molar-refractivity contribution is 7.19. The van der Waals surface area contributed by atoms with Crippen LogP contribution in [0.5, 0.6) is 5.75 Å². The number of aliphatic imine (C=N–C) groups is 1. The lowest BCUT2D eigenvalue weighted by atomic mass is 10.0. The van der Waals surface area contributed by atoms with Crippen molar-refractivity contribution in [2.24, 2.45) is 10.7 Å². The van der Waals surface area contributed by atoms with E-state index in [1.807, 2.05) is 51.2 Å². The minimum absolute atomic E-state index is 0.0931. The molecule has 9 nitrogen and oxygen atoms in total. The van der Waals surface area contributed by atoms with Crippen molar-refractivity contribution in [3.05, 3.63) is 47.2 Å². The van der Waals surface area contributed by atoms with Crippen LogP contribution < -0.4 is 15.8 Å². The summed E-state index contributed by atoms with van der Waals surface area (Å²) in [5.41, 5.74) is 8.85. The van der Waals surface area contributed by atoms with Gasteiger partial charge in [0.1, 0.15) is 11.4 Å². The first-order valence-corrected chi connectivity index (χ1v) is 13.1. The van der Waals surface area contributed by atoms with Gasteiger partial charge in [0.05, 0.1) is 35.3 Å². The van der Waals surface area contributed by atoms with Crippen molar-refractivity contribution in [1.29, 1.82) is 0 Å². The van der Waals surface area contributed by atoms with Crippen LogP contribution in [0.15, 0.2) is 47.4 Å². The first-order chi connectivity index (χ1) is 17.7. The number of nitrogens with two attached hydrogens (primary N) is 1. The van der Waals surface area contributed by atoms with Crippen LogP contribution in [-0.2, 0) is 4.74 Å². The van der Waals surface area contributed by atoms with Gasteiger partial charge in [-0.2, -0.15) is 0 Å². The molecule has 0 unspecified atom stereocenters. The lowest BCUT2D eigenvalue weighted by Gasteiger charge is -2.32. The van der Waals surface area contributed by atoms with Crippen molar-refractivity contribution in [1.82, 2.24) is 14.9 Å². The third-order valence-electron chi connectivity index (χ3n) is 5.96. The summed E-state index contributed by atoms with van der Waals surface area (Å²) in [4.78, 5) is 29.1. The molecular formula is C27H34N6O3S. The third kappa shape index (κ3) is 6.37. The number of nitrogens with one attached hydrogen (secondary N) is 1. The second-order valence-corrected chi connectivity index (χ2v) is 11.1. The predicted octanol–water partition coefficient (Wildman–Crippen LogP) is 5.36. The summed E-state index contributed by atoms with van der Waals surface area (Å²) < 4.78 is 12.1. The largest absolute Gasteiger partial charge is 0.496 e. The van der Waals surface area contributed by atoms with Crippen molar-refractivity contribution in [2.75, 3.05) is 25.5 Å². The lowest BCUT2D eigenvalue weighted by Crippen LogP contribution is -2.42. The van der Waals surface area contributed by atoms with E-state index in [9.17, 15) is 4.79 Å². The van der Waals surface area contributed by atoms with E-state index in [4.69, 9.17) is 20.2 Å². The van der Waals surface area contributed by atoms with Crippen LogP contribution in [0.2, 0.25) is 0 Å². The van der Waals surface area contributed by atoms with Gasteiger partial charge in [-0.15, -0.1) is 11.3 Å². The molecule has 10 heteroatoms. The number of piperidine rings is 1. The number of hydrogen-bond donors (Lipinski definition) is 2. The number of carbonyl (C=O) groups excluding carboxylic acids is 1. The van der Waals surface area contributed by atoms with Crippen molar-refractivity contribution < 1.29 is 14.3 Å². The summed E-state index contributed by atoms with van der Waals surface area (Å²) in [5, 5.41) is 3.18. The summed E-state index contributed by atoms with van der Waals surface area (Å²) in [6.07, 6.45) is 6.22. The van der Waals surface area contributed by atoms with Gasteiger partial charge < -0.3 is 25.4 Å². The zero-order valence-electron chi connectivity index (χ0n) is 21.9. The molecule has 2 aromatic heterocycles. The van der Waals surface area contributed by atoms with Gasteiger partial charge in [0.2, 0.25) is 5.95 Å². The normalized spacial score (nSPS) is 15.4. The molecule has 0 saturated carbocycles. The van der Waals surface area contributed by atoms with Crippen LogP contribution in [0, 0.1) is 6.92 Å². The Hall–Kier alpha value is -3.66. The number of likely N-dealkylation sites (tertiary alicyclic amines) is 1. The van der Waals surface area contributed by atoms with Gasteiger partial charge in [0.25, 0.3) is 0 Å². The summed E-state index contributed by atoms with van der Waals surface area (Å²) >= 11 is 1.65. The lowest BCUT2D eigenvalue weighted by molar-refractivity contribution is 0.0207. The molecule has 4 rings (SSSR count). The molecule has 3 heterocycles. The van der Waals surface area contributed by atoms with Gasteiger partial charge in [-0.25, -0.2) is 14.8 Å². The quantitative estimate of drug-likeness (QED) is 0.419. The van der Waals surface area contributed by atoms with E-state index in [2.05, 4.69) is 22.2 Å². The van der Waals surface area contributed by atoms with Crippen LogP contribution in [0.1, 0.15) is 38.5 Å². The molecule has 196 valence electrons. The summed E-state index contributed by atoms with van der Waals surface area (Å²) in [6, 6.07) is 8.02. The molecule has 1 aliphatic rings. The molecule has 3 N–H and O–H groups in total. The highest BCUT2D eigenvalue weighted by Crippen LogP contribution is 2.41. The van der Waals surface area contributed by atoms with Crippen molar-refractivity contribution in [3.63, 3.8) is 0 Å². The number of allylic oxidation sites excluding steroid dienone is 1. The number of benzene rings is 1. The number of anilines is 1. The van der Waals surface area contributed by atoms with Crippen LogP contribution in [0.4, 0.5) is 10.7 Å². The fourth-order valence-corrected chi connectivity index (χ4v) is 5.18. The molecule has 0 spiro atoms. The minimum Gasteiger partial charge on any atom is -0.496 e. The van der Waals surface area contributed by atoms with E-state index in [-0.39, 0.29) is 12.1 Å². The Kier molecular flexibility index (Phi) is 7.97. The van der Waals surface area contributed by atoms with E-state index in [1.165, 1.54) is 6.20 Å². The van der Waals surface area contributed by atoms with Crippen LogP contribution in [0.3, 0.4) is 0 Å². The molecule has 0 aliphatic carbocycles. The molecule has 3 aromatic rings. The summed E-state index contributed by atoms with van der Waals surface area (Å²) in [5.74, 6) is 1.23. The van der Waals surface area contributed by atoms with Crippen LogP contribution in [-0.4, -0.2) is 59.0 Å². The van der Waals surface area contributed by atoms with E-state index in [0.717, 1.165) is 44.8 Å². The van der Waals surface area contributed by atoms with E-state index >= 15 is 0 Å². The number of ether oxygens (including phenoxy) is 2. The smallest absolute Gasteiger partial charge is 0.410 e. The highest BCUT2D eigenvalue weighted by atomic mass is 32.1. The maximum atomic E-state index is 12.3. The van der Waals surface area contributed by atoms with E-state index in [0.29, 0.717) is 24.7 Å². The topological polar surface area (TPSA) is 115 Å². The van der Waals surface area contributed by atoms with Gasteiger partial charge >= 0.3 is 6.09 Å². The molecule has 1 aliphatic heterocycles. The van der Waals surface area contributed by atoms with Gasteiger partial charge in [-0.3, -0.25) is 4.99 Å². The Balaban J connectivity index is 1.45. The molecule has 1 aromatic carbocycles. The molecule has 1 saturated heterocycles. The number of para-hydroxylation sites is 1. The van der Waals surface area contributed by atoms with Crippen LogP contribution >= 0.6 is 11.3 Å². The first kappa shape index (κ1) is 26.4. The summed E-state index contributed by atoms with van der Waals surface area (Å²) in [7, 11) is 1.67. The van der Waals surface area contributed by atoms with Gasteiger partial charge in [-0.1, -0.05) is 18.2 Å². The first-order valence-electron chi connectivity index (χ1n) is 12.3. The maximum absolute atomic E-state index is 12.3.